The van der Waals surface area contributed by atoms with Crippen LogP contribution in [0.4, 0.5) is 0 Å². The molecule has 0 aromatic heterocycles. The molecule has 0 bridgehead atoms. The minimum Gasteiger partial charge on any atom is -0.493 e. The predicted octanol–water partition coefficient (Wildman–Crippen LogP) is 2.44. The summed E-state index contributed by atoms with van der Waals surface area (Å²) in [6, 6.07) is 6.24. The number of ether oxygens (including phenoxy) is 2. The molecule has 21 heavy (non-hydrogen) atoms. The van der Waals surface area contributed by atoms with Crippen molar-refractivity contribution >= 4 is 5.96 Å². The van der Waals surface area contributed by atoms with Crippen molar-refractivity contribution in [3.05, 3.63) is 23.8 Å². The van der Waals surface area contributed by atoms with Crippen LogP contribution in [0, 0.1) is 0 Å². The second kappa shape index (κ2) is 7.76. The molecule has 116 valence electrons. The van der Waals surface area contributed by atoms with E-state index in [1.54, 1.807) is 14.2 Å². The topological polar surface area (TPSA) is 68.9 Å². The van der Waals surface area contributed by atoms with Gasteiger partial charge >= 0.3 is 0 Å². The second-order valence-corrected chi connectivity index (χ2v) is 5.33. The van der Waals surface area contributed by atoms with Gasteiger partial charge in [0.15, 0.2) is 17.5 Å². The Morgan fingerprint density at radius 3 is 2.67 bits per heavy atom. The van der Waals surface area contributed by atoms with Crippen molar-refractivity contribution < 1.29 is 9.47 Å². The Morgan fingerprint density at radius 2 is 2.00 bits per heavy atom. The third-order valence-electron chi connectivity index (χ3n) is 3.86. The van der Waals surface area contributed by atoms with E-state index in [4.69, 9.17) is 15.2 Å². The van der Waals surface area contributed by atoms with Gasteiger partial charge in [0.25, 0.3) is 0 Å². The maximum atomic E-state index is 5.98. The maximum absolute atomic E-state index is 5.98. The first-order valence-corrected chi connectivity index (χ1v) is 7.51. The number of benzene rings is 1. The highest BCUT2D eigenvalue weighted by atomic mass is 16.5. The monoisotopic (exact) mass is 291 g/mol. The fourth-order valence-corrected chi connectivity index (χ4v) is 2.75. The molecule has 2 rings (SSSR count). The number of hydrogen-bond donors (Lipinski definition) is 2. The molecule has 1 fully saturated rings. The molecule has 0 radical (unpaired) electrons. The first-order valence-electron chi connectivity index (χ1n) is 7.51. The summed E-state index contributed by atoms with van der Waals surface area (Å²) in [7, 11) is 3.26. The van der Waals surface area contributed by atoms with E-state index < -0.39 is 0 Å². The molecule has 1 aromatic rings. The van der Waals surface area contributed by atoms with Crippen LogP contribution in [-0.4, -0.2) is 26.2 Å². The fraction of sp³-hybridized carbons (Fsp3) is 0.562. The molecule has 0 saturated heterocycles. The van der Waals surface area contributed by atoms with Crippen molar-refractivity contribution in [1.29, 1.82) is 0 Å². The molecule has 0 spiro atoms. The minimum atomic E-state index is 0.467. The number of nitrogens with zero attached hydrogens (tertiary/aromatic N) is 1. The molecule has 1 aliphatic rings. The number of rotatable bonds is 5. The number of nitrogens with one attached hydrogen (secondary N) is 1. The van der Waals surface area contributed by atoms with Crippen LogP contribution in [0.3, 0.4) is 0 Å². The van der Waals surface area contributed by atoms with Crippen molar-refractivity contribution in [2.45, 2.75) is 44.7 Å². The molecular weight excluding hydrogens is 266 g/mol. The number of para-hydroxylation sites is 1. The zero-order chi connectivity index (χ0) is 15.1. The van der Waals surface area contributed by atoms with Crippen molar-refractivity contribution in [1.82, 2.24) is 5.32 Å². The van der Waals surface area contributed by atoms with Gasteiger partial charge in [-0.2, -0.15) is 0 Å². The SMILES string of the molecule is COc1cccc(CN=C(N)NC2CCCCC2)c1OC. The molecular formula is C16H25N3O2. The van der Waals surface area contributed by atoms with Gasteiger partial charge in [-0.05, 0) is 18.9 Å². The van der Waals surface area contributed by atoms with E-state index in [9.17, 15) is 0 Å². The van der Waals surface area contributed by atoms with Gasteiger partial charge in [0.05, 0.1) is 20.8 Å². The lowest BCUT2D eigenvalue weighted by Crippen LogP contribution is -2.41. The summed E-state index contributed by atoms with van der Waals surface area (Å²) in [6.07, 6.45) is 6.23. The molecule has 0 aliphatic heterocycles. The smallest absolute Gasteiger partial charge is 0.189 e. The first-order chi connectivity index (χ1) is 10.2. The van der Waals surface area contributed by atoms with Gasteiger partial charge in [0.1, 0.15) is 0 Å². The Labute approximate surface area is 126 Å². The molecule has 3 N–H and O–H groups in total. The average molecular weight is 291 g/mol. The van der Waals surface area contributed by atoms with Gasteiger partial charge in [-0.25, -0.2) is 4.99 Å². The number of nitrogens with two attached hydrogens (primary N) is 1. The normalized spacial score (nSPS) is 16.6. The Bertz CT molecular complexity index is 482. The van der Waals surface area contributed by atoms with Crippen LogP contribution < -0.4 is 20.5 Å². The highest BCUT2D eigenvalue weighted by Gasteiger charge is 2.13. The van der Waals surface area contributed by atoms with Crippen molar-refractivity contribution in [2.24, 2.45) is 10.7 Å². The standard InChI is InChI=1S/C16H25N3O2/c1-20-14-10-6-7-12(15(14)21-2)11-18-16(17)19-13-8-4-3-5-9-13/h6-7,10,13H,3-5,8-9,11H2,1-2H3,(H3,17,18,19). The van der Waals surface area contributed by atoms with Crippen molar-refractivity contribution in [2.75, 3.05) is 14.2 Å². The van der Waals surface area contributed by atoms with Crippen LogP contribution in [-0.2, 0) is 6.54 Å². The Kier molecular flexibility index (Phi) is 5.72. The van der Waals surface area contributed by atoms with E-state index in [0.717, 1.165) is 5.56 Å². The van der Waals surface area contributed by atoms with Gasteiger partial charge in [-0.3, -0.25) is 0 Å². The zero-order valence-corrected chi connectivity index (χ0v) is 12.9. The summed E-state index contributed by atoms with van der Waals surface area (Å²) in [4.78, 5) is 4.42. The van der Waals surface area contributed by atoms with E-state index in [0.29, 0.717) is 30.0 Å². The van der Waals surface area contributed by atoms with Gasteiger partial charge in [0.2, 0.25) is 0 Å². The van der Waals surface area contributed by atoms with Crippen LogP contribution in [0.2, 0.25) is 0 Å². The third kappa shape index (κ3) is 4.28. The summed E-state index contributed by atoms with van der Waals surface area (Å²) in [5.74, 6) is 1.94. The van der Waals surface area contributed by atoms with Gasteiger partial charge in [0, 0.05) is 11.6 Å². The lowest BCUT2D eigenvalue weighted by atomic mass is 9.96. The summed E-state index contributed by atoms with van der Waals surface area (Å²) < 4.78 is 10.7. The third-order valence-corrected chi connectivity index (χ3v) is 3.86. The summed E-state index contributed by atoms with van der Waals surface area (Å²) in [6.45, 7) is 0.478. The van der Waals surface area contributed by atoms with Crippen LogP contribution in [0.5, 0.6) is 11.5 Å². The van der Waals surface area contributed by atoms with Crippen molar-refractivity contribution in [3.8, 4) is 11.5 Å². The Balaban J connectivity index is 1.99. The number of methoxy groups -OCH3 is 2. The molecule has 0 unspecified atom stereocenters. The maximum Gasteiger partial charge on any atom is 0.189 e. The van der Waals surface area contributed by atoms with Gasteiger partial charge < -0.3 is 20.5 Å². The molecule has 0 atom stereocenters. The number of guanidine groups is 1. The van der Waals surface area contributed by atoms with Crippen LogP contribution in [0.25, 0.3) is 0 Å². The highest BCUT2D eigenvalue weighted by Crippen LogP contribution is 2.31. The number of aliphatic imine (C=N–C) groups is 1. The quantitative estimate of drug-likeness (QED) is 0.646. The van der Waals surface area contributed by atoms with E-state index in [2.05, 4.69) is 10.3 Å². The molecule has 0 amide bonds. The minimum absolute atomic E-state index is 0.467. The summed E-state index contributed by atoms with van der Waals surface area (Å²) in [5.41, 5.74) is 6.94. The highest BCUT2D eigenvalue weighted by molar-refractivity contribution is 5.78. The molecule has 1 aliphatic carbocycles. The largest absolute Gasteiger partial charge is 0.493 e. The van der Waals surface area contributed by atoms with Crippen LogP contribution in [0.15, 0.2) is 23.2 Å². The lowest BCUT2D eigenvalue weighted by Gasteiger charge is -2.23. The number of hydrogen-bond acceptors (Lipinski definition) is 3. The van der Waals surface area contributed by atoms with E-state index in [-0.39, 0.29) is 0 Å². The van der Waals surface area contributed by atoms with Crippen molar-refractivity contribution in [3.63, 3.8) is 0 Å². The Hall–Kier alpha value is -1.91. The zero-order valence-electron chi connectivity index (χ0n) is 12.9. The first kappa shape index (κ1) is 15.5. The fourth-order valence-electron chi connectivity index (χ4n) is 2.75. The van der Waals surface area contributed by atoms with E-state index >= 15 is 0 Å². The van der Waals surface area contributed by atoms with E-state index in [1.165, 1.54) is 32.1 Å². The molecule has 5 nitrogen and oxygen atoms in total. The second-order valence-electron chi connectivity index (χ2n) is 5.33. The van der Waals surface area contributed by atoms with E-state index in [1.807, 2.05) is 18.2 Å². The average Bonchev–Trinajstić information content (AvgIpc) is 2.53. The van der Waals surface area contributed by atoms with Gasteiger partial charge in [-0.1, -0.05) is 31.4 Å². The molecule has 0 heterocycles. The molecule has 5 heteroatoms. The molecule has 1 aromatic carbocycles. The van der Waals surface area contributed by atoms with Crippen LogP contribution >= 0.6 is 0 Å². The van der Waals surface area contributed by atoms with Gasteiger partial charge in [-0.15, -0.1) is 0 Å². The summed E-state index contributed by atoms with van der Waals surface area (Å²) >= 11 is 0. The summed E-state index contributed by atoms with van der Waals surface area (Å²) in [5, 5.41) is 3.31. The van der Waals surface area contributed by atoms with Crippen LogP contribution in [0.1, 0.15) is 37.7 Å². The lowest BCUT2D eigenvalue weighted by molar-refractivity contribution is 0.352. The Morgan fingerprint density at radius 1 is 1.24 bits per heavy atom. The predicted molar refractivity (Wildman–Crippen MR) is 84.9 cm³/mol. The molecule has 1 saturated carbocycles.